The van der Waals surface area contributed by atoms with Gasteiger partial charge in [0.25, 0.3) is 0 Å². The second-order valence-electron chi connectivity index (χ2n) is 6.10. The lowest BCUT2D eigenvalue weighted by atomic mass is 9.85. The summed E-state index contributed by atoms with van der Waals surface area (Å²) >= 11 is 0. The predicted molar refractivity (Wildman–Crippen MR) is 73.5 cm³/mol. The quantitative estimate of drug-likeness (QED) is 0.819. The van der Waals surface area contributed by atoms with Crippen molar-refractivity contribution in [2.24, 2.45) is 11.3 Å². The zero-order valence-electron chi connectivity index (χ0n) is 12.2. The summed E-state index contributed by atoms with van der Waals surface area (Å²) in [6.45, 7) is 5.68. The minimum absolute atomic E-state index is 0.144. The van der Waals surface area contributed by atoms with Gasteiger partial charge in [0.2, 0.25) is 0 Å². The van der Waals surface area contributed by atoms with Gasteiger partial charge < -0.3 is 20.1 Å². The molecule has 0 radical (unpaired) electrons. The van der Waals surface area contributed by atoms with Crippen molar-refractivity contribution in [1.82, 2.24) is 10.2 Å². The van der Waals surface area contributed by atoms with Crippen LogP contribution < -0.4 is 5.32 Å². The maximum absolute atomic E-state index is 12.3. The predicted octanol–water partition coefficient (Wildman–Crippen LogP) is 1.31. The van der Waals surface area contributed by atoms with E-state index in [0.29, 0.717) is 5.92 Å². The number of amides is 2. The van der Waals surface area contributed by atoms with Crippen LogP contribution in [0.15, 0.2) is 0 Å². The molecule has 20 heavy (non-hydrogen) atoms. The Balaban J connectivity index is 1.95. The highest BCUT2D eigenvalue weighted by Crippen LogP contribution is 2.29. The van der Waals surface area contributed by atoms with E-state index < -0.39 is 17.4 Å². The summed E-state index contributed by atoms with van der Waals surface area (Å²) in [5.41, 5.74) is -1.03. The van der Waals surface area contributed by atoms with E-state index in [1.807, 2.05) is 0 Å². The molecule has 0 bridgehead atoms. The number of ether oxygens (including phenoxy) is 1. The number of carbonyl (C=O) groups excluding carboxylic acids is 1. The van der Waals surface area contributed by atoms with E-state index in [2.05, 4.69) is 12.2 Å². The van der Waals surface area contributed by atoms with Gasteiger partial charge in [-0.05, 0) is 25.7 Å². The SMILES string of the molecule is CCC1CCCN(C(=O)NC2COCC2(C)C(=O)O)C1. The molecule has 0 saturated carbocycles. The van der Waals surface area contributed by atoms with Gasteiger partial charge in [-0.25, -0.2) is 4.79 Å². The number of carboxylic acids is 1. The molecule has 0 spiro atoms. The summed E-state index contributed by atoms with van der Waals surface area (Å²) < 4.78 is 5.25. The number of likely N-dealkylation sites (tertiary alicyclic amines) is 1. The van der Waals surface area contributed by atoms with Crippen LogP contribution in [0.2, 0.25) is 0 Å². The van der Waals surface area contributed by atoms with Crippen LogP contribution in [0.25, 0.3) is 0 Å². The molecule has 0 aromatic heterocycles. The maximum atomic E-state index is 12.3. The molecule has 2 heterocycles. The zero-order valence-corrected chi connectivity index (χ0v) is 12.2. The second-order valence-corrected chi connectivity index (χ2v) is 6.10. The van der Waals surface area contributed by atoms with Crippen molar-refractivity contribution in [2.75, 3.05) is 26.3 Å². The summed E-state index contributed by atoms with van der Waals surface area (Å²) in [4.78, 5) is 25.4. The van der Waals surface area contributed by atoms with Gasteiger partial charge >= 0.3 is 12.0 Å². The number of piperidine rings is 1. The van der Waals surface area contributed by atoms with Crippen molar-refractivity contribution < 1.29 is 19.4 Å². The molecule has 2 aliphatic heterocycles. The molecular weight excluding hydrogens is 260 g/mol. The van der Waals surface area contributed by atoms with E-state index in [4.69, 9.17) is 4.74 Å². The van der Waals surface area contributed by atoms with Crippen molar-refractivity contribution in [3.05, 3.63) is 0 Å². The number of rotatable bonds is 3. The highest BCUT2D eigenvalue weighted by molar-refractivity contribution is 5.79. The molecule has 0 aromatic rings. The average Bonchev–Trinajstić information content (AvgIpc) is 2.81. The number of urea groups is 1. The standard InChI is InChI=1S/C14H24N2O4/c1-3-10-5-4-6-16(7-10)13(19)15-11-8-20-9-14(11,2)12(17)18/h10-11H,3-9H2,1-2H3,(H,15,19)(H,17,18). The van der Waals surface area contributed by atoms with Crippen LogP contribution >= 0.6 is 0 Å². The van der Waals surface area contributed by atoms with Crippen molar-refractivity contribution in [3.8, 4) is 0 Å². The van der Waals surface area contributed by atoms with Gasteiger partial charge in [-0.2, -0.15) is 0 Å². The van der Waals surface area contributed by atoms with Gasteiger partial charge in [0.15, 0.2) is 0 Å². The molecule has 3 atom stereocenters. The average molecular weight is 284 g/mol. The van der Waals surface area contributed by atoms with Gasteiger partial charge in [0, 0.05) is 13.1 Å². The largest absolute Gasteiger partial charge is 0.481 e. The fourth-order valence-electron chi connectivity index (χ4n) is 2.91. The Morgan fingerprint density at radius 3 is 2.90 bits per heavy atom. The van der Waals surface area contributed by atoms with Gasteiger partial charge in [-0.15, -0.1) is 0 Å². The number of carbonyl (C=O) groups is 2. The van der Waals surface area contributed by atoms with Crippen LogP contribution in [0, 0.1) is 11.3 Å². The highest BCUT2D eigenvalue weighted by atomic mass is 16.5. The first kappa shape index (κ1) is 15.1. The Morgan fingerprint density at radius 1 is 1.50 bits per heavy atom. The molecule has 0 aromatic carbocycles. The van der Waals surface area contributed by atoms with Crippen LogP contribution in [0.1, 0.15) is 33.1 Å². The zero-order chi connectivity index (χ0) is 14.8. The Labute approximate surface area is 119 Å². The third kappa shape index (κ3) is 2.90. The molecule has 2 saturated heterocycles. The minimum Gasteiger partial charge on any atom is -0.481 e. The Kier molecular flexibility index (Phi) is 4.52. The van der Waals surface area contributed by atoms with Crippen molar-refractivity contribution in [3.63, 3.8) is 0 Å². The lowest BCUT2D eigenvalue weighted by Gasteiger charge is -2.34. The first-order valence-corrected chi connectivity index (χ1v) is 7.34. The molecule has 2 amide bonds. The highest BCUT2D eigenvalue weighted by Gasteiger charge is 2.47. The Morgan fingerprint density at radius 2 is 2.25 bits per heavy atom. The summed E-state index contributed by atoms with van der Waals surface area (Å²) in [5, 5.41) is 12.1. The van der Waals surface area contributed by atoms with Crippen molar-refractivity contribution in [1.29, 1.82) is 0 Å². The molecule has 6 heteroatoms. The molecule has 0 aliphatic carbocycles. The molecule has 2 rings (SSSR count). The summed E-state index contributed by atoms with van der Waals surface area (Å²) in [5.74, 6) is -0.370. The van der Waals surface area contributed by atoms with Crippen LogP contribution in [0.5, 0.6) is 0 Å². The molecule has 114 valence electrons. The van der Waals surface area contributed by atoms with E-state index in [0.717, 1.165) is 25.9 Å². The maximum Gasteiger partial charge on any atom is 0.317 e. The minimum atomic E-state index is -1.03. The van der Waals surface area contributed by atoms with E-state index in [1.54, 1.807) is 11.8 Å². The fraction of sp³-hybridized carbons (Fsp3) is 0.857. The molecule has 6 nitrogen and oxygen atoms in total. The third-order valence-corrected chi connectivity index (χ3v) is 4.63. The fourth-order valence-corrected chi connectivity index (χ4v) is 2.91. The number of nitrogens with one attached hydrogen (secondary N) is 1. The van der Waals surface area contributed by atoms with Gasteiger partial charge in [0.05, 0.1) is 19.3 Å². The lowest BCUT2D eigenvalue weighted by molar-refractivity contribution is -0.148. The van der Waals surface area contributed by atoms with E-state index in [-0.39, 0.29) is 19.2 Å². The monoisotopic (exact) mass is 284 g/mol. The van der Waals surface area contributed by atoms with Crippen LogP contribution in [0.4, 0.5) is 4.79 Å². The topological polar surface area (TPSA) is 78.9 Å². The Hall–Kier alpha value is -1.30. The number of carboxylic acid groups (broad SMARTS) is 1. The number of hydrogen-bond donors (Lipinski definition) is 2. The van der Waals surface area contributed by atoms with Crippen LogP contribution in [0.3, 0.4) is 0 Å². The first-order valence-electron chi connectivity index (χ1n) is 7.34. The normalized spacial score (nSPS) is 34.0. The van der Waals surface area contributed by atoms with Crippen molar-refractivity contribution in [2.45, 2.75) is 39.2 Å². The molecule has 2 aliphatic rings. The van der Waals surface area contributed by atoms with Crippen LogP contribution in [-0.2, 0) is 9.53 Å². The van der Waals surface area contributed by atoms with Gasteiger partial charge in [0.1, 0.15) is 5.41 Å². The van der Waals surface area contributed by atoms with Crippen molar-refractivity contribution >= 4 is 12.0 Å². The summed E-state index contributed by atoms with van der Waals surface area (Å²) in [6, 6.07) is -0.624. The smallest absolute Gasteiger partial charge is 0.317 e. The molecule has 2 fully saturated rings. The second kappa shape index (κ2) is 5.99. The van der Waals surface area contributed by atoms with E-state index in [9.17, 15) is 14.7 Å². The molecular formula is C14H24N2O4. The summed E-state index contributed by atoms with van der Waals surface area (Å²) in [7, 11) is 0. The van der Waals surface area contributed by atoms with Gasteiger partial charge in [-0.3, -0.25) is 4.79 Å². The van der Waals surface area contributed by atoms with Gasteiger partial charge in [-0.1, -0.05) is 13.3 Å². The first-order chi connectivity index (χ1) is 9.47. The van der Waals surface area contributed by atoms with E-state index >= 15 is 0 Å². The summed E-state index contributed by atoms with van der Waals surface area (Å²) in [6.07, 6.45) is 3.26. The number of aliphatic carboxylic acids is 1. The number of hydrogen-bond acceptors (Lipinski definition) is 3. The lowest BCUT2D eigenvalue weighted by Crippen LogP contribution is -2.54. The third-order valence-electron chi connectivity index (χ3n) is 4.63. The molecule has 3 unspecified atom stereocenters. The molecule has 2 N–H and O–H groups in total. The number of nitrogens with zero attached hydrogens (tertiary/aromatic N) is 1. The van der Waals surface area contributed by atoms with Crippen LogP contribution in [-0.4, -0.2) is 54.4 Å². The Bertz CT molecular complexity index is 387. The van der Waals surface area contributed by atoms with E-state index in [1.165, 1.54) is 6.42 Å².